The lowest BCUT2D eigenvalue weighted by atomic mass is 9.94. The molecule has 0 saturated carbocycles. The zero-order chi connectivity index (χ0) is 14.5. The van der Waals surface area contributed by atoms with Crippen molar-refractivity contribution in [1.82, 2.24) is 5.32 Å². The summed E-state index contributed by atoms with van der Waals surface area (Å²) in [5, 5.41) is 15.6. The summed E-state index contributed by atoms with van der Waals surface area (Å²) in [4.78, 5) is 1.49. The number of aliphatic hydroxyl groups excluding tert-OH is 1. The van der Waals surface area contributed by atoms with E-state index in [0.717, 1.165) is 12.2 Å². The number of ether oxygens (including phenoxy) is 1. The first-order chi connectivity index (χ1) is 10.3. The standard InChI is InChI=1S/C16H21NO3S/c18-12(10-19-11-13-3-2-7-20-13)9-17-15-4-1-5-16-14(15)6-8-21-16/h2-3,6-8,12,15,17-18H,1,4-5,9-11H2. The van der Waals surface area contributed by atoms with E-state index in [1.54, 1.807) is 6.26 Å². The zero-order valence-electron chi connectivity index (χ0n) is 12.0. The topological polar surface area (TPSA) is 54.6 Å². The fraction of sp³-hybridized carbons (Fsp3) is 0.500. The number of furan rings is 1. The number of nitrogens with one attached hydrogen (secondary N) is 1. The molecule has 3 rings (SSSR count). The Kier molecular flexibility index (Phi) is 5.08. The van der Waals surface area contributed by atoms with Gasteiger partial charge < -0.3 is 19.6 Å². The summed E-state index contributed by atoms with van der Waals surface area (Å²) in [5.74, 6) is 0.783. The van der Waals surface area contributed by atoms with Gasteiger partial charge in [0.1, 0.15) is 12.4 Å². The van der Waals surface area contributed by atoms with Gasteiger partial charge in [0.15, 0.2) is 0 Å². The highest BCUT2D eigenvalue weighted by atomic mass is 32.1. The molecular formula is C16H21NO3S. The molecule has 0 amide bonds. The number of fused-ring (bicyclic) bond motifs is 1. The quantitative estimate of drug-likeness (QED) is 0.826. The second-order valence-electron chi connectivity index (χ2n) is 5.40. The molecule has 2 heterocycles. The minimum absolute atomic E-state index is 0.316. The molecule has 21 heavy (non-hydrogen) atoms. The van der Waals surface area contributed by atoms with E-state index in [4.69, 9.17) is 9.15 Å². The Morgan fingerprint density at radius 3 is 3.29 bits per heavy atom. The van der Waals surface area contributed by atoms with Crippen LogP contribution in [-0.4, -0.2) is 24.4 Å². The minimum Gasteiger partial charge on any atom is -0.467 e. The molecule has 0 fully saturated rings. The van der Waals surface area contributed by atoms with E-state index in [-0.39, 0.29) is 0 Å². The van der Waals surface area contributed by atoms with E-state index in [2.05, 4.69) is 16.8 Å². The SMILES string of the molecule is OC(CNC1CCCc2sccc21)COCc1ccco1. The number of aryl methyl sites for hydroxylation is 1. The Labute approximate surface area is 128 Å². The van der Waals surface area contributed by atoms with Gasteiger partial charge in [0.2, 0.25) is 0 Å². The van der Waals surface area contributed by atoms with Crippen molar-refractivity contribution in [3.8, 4) is 0 Å². The molecule has 2 N–H and O–H groups in total. The van der Waals surface area contributed by atoms with Crippen LogP contribution >= 0.6 is 11.3 Å². The molecule has 1 aliphatic rings. The van der Waals surface area contributed by atoms with Gasteiger partial charge in [0, 0.05) is 17.5 Å². The molecule has 2 aromatic rings. The molecule has 2 atom stereocenters. The largest absolute Gasteiger partial charge is 0.467 e. The van der Waals surface area contributed by atoms with E-state index in [9.17, 15) is 5.11 Å². The van der Waals surface area contributed by atoms with Crippen molar-refractivity contribution in [2.24, 2.45) is 0 Å². The maximum atomic E-state index is 9.99. The third kappa shape index (κ3) is 3.95. The predicted octanol–water partition coefficient (Wildman–Crippen LogP) is 2.89. The van der Waals surface area contributed by atoms with E-state index >= 15 is 0 Å². The lowest BCUT2D eigenvalue weighted by Gasteiger charge is -2.25. The number of hydrogen-bond acceptors (Lipinski definition) is 5. The van der Waals surface area contributed by atoms with Crippen molar-refractivity contribution < 1.29 is 14.3 Å². The zero-order valence-corrected chi connectivity index (χ0v) is 12.8. The summed E-state index contributed by atoms with van der Waals surface area (Å²) in [6, 6.07) is 6.28. The minimum atomic E-state index is -0.496. The lowest BCUT2D eigenvalue weighted by Crippen LogP contribution is -2.34. The average Bonchev–Trinajstić information content (AvgIpc) is 3.16. The number of hydrogen-bond donors (Lipinski definition) is 2. The molecule has 0 bridgehead atoms. The van der Waals surface area contributed by atoms with Gasteiger partial charge in [-0.3, -0.25) is 0 Å². The highest BCUT2D eigenvalue weighted by Crippen LogP contribution is 2.33. The summed E-state index contributed by atoms with van der Waals surface area (Å²) in [6.45, 7) is 1.27. The first-order valence-electron chi connectivity index (χ1n) is 7.41. The van der Waals surface area contributed by atoms with E-state index in [1.165, 1.54) is 23.3 Å². The molecule has 0 saturated heterocycles. The average molecular weight is 307 g/mol. The first kappa shape index (κ1) is 14.8. The highest BCUT2D eigenvalue weighted by Gasteiger charge is 2.21. The van der Waals surface area contributed by atoms with Crippen LogP contribution in [0.5, 0.6) is 0 Å². The van der Waals surface area contributed by atoms with Crippen LogP contribution in [0.4, 0.5) is 0 Å². The second kappa shape index (κ2) is 7.22. The highest BCUT2D eigenvalue weighted by molar-refractivity contribution is 7.10. The molecule has 1 aliphatic carbocycles. The predicted molar refractivity (Wildman–Crippen MR) is 82.4 cm³/mol. The Balaban J connectivity index is 1.39. The number of rotatable bonds is 7. The van der Waals surface area contributed by atoms with Crippen LogP contribution < -0.4 is 5.32 Å². The summed E-state index contributed by atoms with van der Waals surface area (Å²) < 4.78 is 10.6. The summed E-state index contributed by atoms with van der Waals surface area (Å²) in [7, 11) is 0. The van der Waals surface area contributed by atoms with Gasteiger partial charge >= 0.3 is 0 Å². The van der Waals surface area contributed by atoms with Gasteiger partial charge in [-0.15, -0.1) is 11.3 Å². The normalized spacial score (nSPS) is 19.4. The van der Waals surface area contributed by atoms with Crippen LogP contribution in [0.2, 0.25) is 0 Å². The van der Waals surface area contributed by atoms with E-state index < -0.39 is 6.10 Å². The molecule has 0 aliphatic heterocycles. The van der Waals surface area contributed by atoms with Crippen molar-refractivity contribution in [2.75, 3.05) is 13.2 Å². The summed E-state index contributed by atoms with van der Waals surface area (Å²) >= 11 is 1.84. The van der Waals surface area contributed by atoms with Crippen LogP contribution in [0.25, 0.3) is 0 Å². The van der Waals surface area contributed by atoms with Crippen molar-refractivity contribution >= 4 is 11.3 Å². The third-order valence-corrected chi connectivity index (χ3v) is 4.78. The van der Waals surface area contributed by atoms with Crippen LogP contribution in [0.15, 0.2) is 34.3 Å². The van der Waals surface area contributed by atoms with Crippen molar-refractivity contribution in [1.29, 1.82) is 0 Å². The van der Waals surface area contributed by atoms with Gasteiger partial charge in [-0.25, -0.2) is 0 Å². The third-order valence-electron chi connectivity index (χ3n) is 3.79. The number of aliphatic hydroxyl groups is 1. The van der Waals surface area contributed by atoms with E-state index in [1.807, 2.05) is 23.5 Å². The van der Waals surface area contributed by atoms with Crippen molar-refractivity contribution in [3.05, 3.63) is 46.0 Å². The molecule has 0 aromatic carbocycles. The van der Waals surface area contributed by atoms with E-state index in [0.29, 0.717) is 25.8 Å². The van der Waals surface area contributed by atoms with Crippen LogP contribution in [0.3, 0.4) is 0 Å². The Morgan fingerprint density at radius 2 is 2.43 bits per heavy atom. The molecule has 5 heteroatoms. The molecule has 114 valence electrons. The molecule has 0 radical (unpaired) electrons. The van der Waals surface area contributed by atoms with Gasteiger partial charge in [-0.2, -0.15) is 0 Å². The van der Waals surface area contributed by atoms with Crippen LogP contribution in [0, 0.1) is 0 Å². The maximum Gasteiger partial charge on any atom is 0.129 e. The lowest BCUT2D eigenvalue weighted by molar-refractivity contribution is 0.0213. The van der Waals surface area contributed by atoms with Gasteiger partial charge in [0.05, 0.1) is 19.0 Å². The second-order valence-corrected chi connectivity index (χ2v) is 6.40. The first-order valence-corrected chi connectivity index (χ1v) is 8.28. The Bertz CT molecular complexity index is 537. The van der Waals surface area contributed by atoms with Gasteiger partial charge in [-0.05, 0) is 48.4 Å². The molecule has 0 spiro atoms. The Morgan fingerprint density at radius 1 is 1.48 bits per heavy atom. The van der Waals surface area contributed by atoms with Crippen LogP contribution in [-0.2, 0) is 17.8 Å². The Hall–Kier alpha value is -1.14. The van der Waals surface area contributed by atoms with Gasteiger partial charge in [0.25, 0.3) is 0 Å². The molecular weight excluding hydrogens is 286 g/mol. The summed E-state index contributed by atoms with van der Waals surface area (Å²) in [5.41, 5.74) is 1.41. The number of thiophene rings is 1. The van der Waals surface area contributed by atoms with Crippen LogP contribution in [0.1, 0.15) is 35.1 Å². The maximum absolute atomic E-state index is 9.99. The van der Waals surface area contributed by atoms with Gasteiger partial charge in [-0.1, -0.05) is 0 Å². The fourth-order valence-corrected chi connectivity index (χ4v) is 3.71. The molecule has 2 aromatic heterocycles. The molecule has 4 nitrogen and oxygen atoms in total. The summed E-state index contributed by atoms with van der Waals surface area (Å²) in [6.07, 6.45) is 4.68. The van der Waals surface area contributed by atoms with Crippen molar-refractivity contribution in [3.63, 3.8) is 0 Å². The van der Waals surface area contributed by atoms with Crippen molar-refractivity contribution in [2.45, 2.75) is 38.0 Å². The fourth-order valence-electron chi connectivity index (χ4n) is 2.73. The molecule has 2 unspecified atom stereocenters. The smallest absolute Gasteiger partial charge is 0.129 e. The monoisotopic (exact) mass is 307 g/mol.